The van der Waals surface area contributed by atoms with Crippen molar-refractivity contribution in [2.75, 3.05) is 13.1 Å². The normalized spacial score (nSPS) is 25.1. The molecule has 0 unspecified atom stereocenters. The van der Waals surface area contributed by atoms with E-state index in [1.807, 2.05) is 0 Å². The summed E-state index contributed by atoms with van der Waals surface area (Å²) in [5.74, 6) is 0. The number of nitrogens with zero attached hydrogens (tertiary/aromatic N) is 1. The van der Waals surface area contributed by atoms with Crippen molar-refractivity contribution in [2.45, 2.75) is 19.3 Å². The van der Waals surface area contributed by atoms with Gasteiger partial charge in [0.05, 0.1) is 0 Å². The molecule has 0 aliphatic carbocycles. The molecule has 0 saturated carbocycles. The highest BCUT2D eigenvalue weighted by atomic mass is 32.1. The molecule has 0 bridgehead atoms. The van der Waals surface area contributed by atoms with Gasteiger partial charge in [-0.1, -0.05) is 6.42 Å². The predicted octanol–water partition coefficient (Wildman–Crippen LogP) is 1.09. The van der Waals surface area contributed by atoms with Gasteiger partial charge in [0.2, 0.25) is 0 Å². The number of nitrogens with one attached hydrogen (secondary N) is 1. The van der Waals surface area contributed by atoms with Crippen LogP contribution < -0.4 is 5.43 Å². The van der Waals surface area contributed by atoms with Crippen LogP contribution in [-0.4, -0.2) is 17.5 Å². The average molecular weight is 131 g/mol. The monoisotopic (exact) mass is 131 g/mol. The van der Waals surface area contributed by atoms with Crippen LogP contribution in [0, 0.1) is 0 Å². The fourth-order valence-electron chi connectivity index (χ4n) is 0.840. The quantitative estimate of drug-likeness (QED) is 0.529. The first-order valence-corrected chi connectivity index (χ1v) is 3.44. The molecule has 0 atom stereocenters. The Morgan fingerprint density at radius 3 is 3.00 bits per heavy atom. The van der Waals surface area contributed by atoms with E-state index >= 15 is 0 Å². The third-order valence-electron chi connectivity index (χ3n) is 1.33. The topological polar surface area (TPSA) is 15.3 Å². The van der Waals surface area contributed by atoms with E-state index in [1.54, 1.807) is 4.41 Å². The molecule has 47 valence electrons. The number of rotatable bonds is 0. The molecule has 1 aliphatic heterocycles. The van der Waals surface area contributed by atoms with Gasteiger partial charge in [0.15, 0.2) is 0 Å². The van der Waals surface area contributed by atoms with Crippen LogP contribution in [0.15, 0.2) is 0 Å². The zero-order chi connectivity index (χ0) is 5.82. The Morgan fingerprint density at radius 1 is 1.25 bits per heavy atom. The van der Waals surface area contributed by atoms with Crippen molar-refractivity contribution >= 4 is 12.8 Å². The fraction of sp³-hybridized carbons (Fsp3) is 1.00. The highest BCUT2D eigenvalue weighted by molar-refractivity contribution is 7.77. The van der Waals surface area contributed by atoms with Crippen molar-refractivity contribution in [1.82, 2.24) is 9.84 Å². The molecular weight excluding hydrogens is 120 g/mol. The molecule has 0 aromatic rings. The van der Waals surface area contributed by atoms with Crippen LogP contribution in [0.2, 0.25) is 0 Å². The van der Waals surface area contributed by atoms with E-state index in [-0.39, 0.29) is 0 Å². The average Bonchev–Trinajstić information content (AvgIpc) is 1.94. The summed E-state index contributed by atoms with van der Waals surface area (Å²) in [6.07, 6.45) is 3.84. The van der Waals surface area contributed by atoms with Crippen LogP contribution in [0.1, 0.15) is 19.3 Å². The maximum atomic E-state index is 4.90. The Balaban J connectivity index is 2.17. The van der Waals surface area contributed by atoms with E-state index in [2.05, 4.69) is 5.43 Å². The van der Waals surface area contributed by atoms with Crippen molar-refractivity contribution in [1.29, 1.82) is 0 Å². The SMILES string of the molecule is [S]N1CCCCCN1. The molecule has 0 aromatic heterocycles. The highest BCUT2D eigenvalue weighted by Gasteiger charge is 2.02. The van der Waals surface area contributed by atoms with Gasteiger partial charge in [-0.25, -0.2) is 5.43 Å². The van der Waals surface area contributed by atoms with Crippen LogP contribution >= 0.6 is 12.8 Å². The molecule has 1 N–H and O–H groups in total. The Kier molecular flexibility index (Phi) is 2.66. The second-order valence-electron chi connectivity index (χ2n) is 2.07. The van der Waals surface area contributed by atoms with Crippen LogP contribution in [0.4, 0.5) is 0 Å². The van der Waals surface area contributed by atoms with E-state index in [9.17, 15) is 0 Å². The van der Waals surface area contributed by atoms with Gasteiger partial charge in [0, 0.05) is 25.9 Å². The van der Waals surface area contributed by atoms with Gasteiger partial charge < -0.3 is 0 Å². The minimum absolute atomic E-state index is 1.02. The van der Waals surface area contributed by atoms with E-state index in [0.29, 0.717) is 0 Å². The van der Waals surface area contributed by atoms with Gasteiger partial charge in [0.25, 0.3) is 0 Å². The summed E-state index contributed by atoms with van der Waals surface area (Å²) in [4.78, 5) is 0. The second-order valence-corrected chi connectivity index (χ2v) is 2.51. The minimum Gasteiger partial charge on any atom is -0.245 e. The van der Waals surface area contributed by atoms with E-state index in [4.69, 9.17) is 12.8 Å². The minimum atomic E-state index is 1.02. The molecule has 0 spiro atoms. The third-order valence-corrected chi connectivity index (χ3v) is 1.64. The van der Waals surface area contributed by atoms with Gasteiger partial charge in [-0.3, -0.25) is 0 Å². The lowest BCUT2D eigenvalue weighted by Crippen LogP contribution is -2.28. The summed E-state index contributed by atoms with van der Waals surface area (Å²) >= 11 is 4.90. The summed E-state index contributed by atoms with van der Waals surface area (Å²) in [6.45, 7) is 2.08. The first-order chi connectivity index (χ1) is 3.89. The Morgan fingerprint density at radius 2 is 2.12 bits per heavy atom. The lowest BCUT2D eigenvalue weighted by atomic mass is 10.2. The molecule has 1 aliphatic rings. The fourth-order valence-corrected chi connectivity index (χ4v) is 1.06. The Labute approximate surface area is 55.8 Å². The van der Waals surface area contributed by atoms with Gasteiger partial charge in [-0.15, -0.1) is 0 Å². The molecule has 1 radical (unpaired) electrons. The maximum absolute atomic E-state index is 4.90. The Hall–Kier alpha value is 0.270. The highest BCUT2D eigenvalue weighted by Crippen LogP contribution is 2.02. The summed E-state index contributed by atoms with van der Waals surface area (Å²) < 4.78 is 1.76. The zero-order valence-corrected chi connectivity index (χ0v) is 5.71. The molecule has 0 aromatic carbocycles. The van der Waals surface area contributed by atoms with Crippen LogP contribution in [0.25, 0.3) is 0 Å². The lowest BCUT2D eigenvalue weighted by Gasteiger charge is -2.09. The van der Waals surface area contributed by atoms with Crippen molar-refractivity contribution < 1.29 is 0 Å². The number of hydrogen-bond donors (Lipinski definition) is 1. The summed E-state index contributed by atoms with van der Waals surface area (Å²) in [6, 6.07) is 0. The van der Waals surface area contributed by atoms with E-state index < -0.39 is 0 Å². The lowest BCUT2D eigenvalue weighted by molar-refractivity contribution is 0.382. The molecule has 1 rings (SSSR count). The largest absolute Gasteiger partial charge is 0.245 e. The molecule has 1 saturated heterocycles. The van der Waals surface area contributed by atoms with E-state index in [1.165, 1.54) is 19.3 Å². The maximum Gasteiger partial charge on any atom is 0.0254 e. The van der Waals surface area contributed by atoms with Crippen molar-refractivity contribution in [2.24, 2.45) is 0 Å². The van der Waals surface area contributed by atoms with Crippen molar-refractivity contribution in [3.8, 4) is 0 Å². The first-order valence-electron chi connectivity index (χ1n) is 3.08. The van der Waals surface area contributed by atoms with Crippen molar-refractivity contribution in [3.05, 3.63) is 0 Å². The third kappa shape index (κ3) is 2.03. The molecule has 1 heterocycles. The molecule has 3 heteroatoms. The van der Waals surface area contributed by atoms with E-state index in [0.717, 1.165) is 13.1 Å². The van der Waals surface area contributed by atoms with Crippen LogP contribution in [0.5, 0.6) is 0 Å². The smallest absolute Gasteiger partial charge is 0.0254 e. The molecule has 0 amide bonds. The predicted molar refractivity (Wildman–Crippen MR) is 36.2 cm³/mol. The standard InChI is InChI=1S/C5H11N2S/c8-7-5-3-1-2-4-6-7/h6H,1-5H2. The van der Waals surface area contributed by atoms with Gasteiger partial charge in [-0.05, 0) is 12.8 Å². The number of hydrogen-bond acceptors (Lipinski definition) is 2. The summed E-state index contributed by atoms with van der Waals surface area (Å²) in [5, 5.41) is 0. The van der Waals surface area contributed by atoms with Gasteiger partial charge in [0.1, 0.15) is 0 Å². The zero-order valence-electron chi connectivity index (χ0n) is 4.89. The molecule has 8 heavy (non-hydrogen) atoms. The first kappa shape index (κ1) is 6.39. The Bertz CT molecular complexity index is 59.4. The molecular formula is C5H11N2S. The second kappa shape index (κ2) is 3.33. The summed E-state index contributed by atoms with van der Waals surface area (Å²) in [7, 11) is 0. The van der Waals surface area contributed by atoms with Crippen LogP contribution in [0.3, 0.4) is 0 Å². The number of hydrazine groups is 1. The summed E-state index contributed by atoms with van der Waals surface area (Å²) in [5.41, 5.74) is 3.09. The van der Waals surface area contributed by atoms with Crippen molar-refractivity contribution in [3.63, 3.8) is 0 Å². The van der Waals surface area contributed by atoms with Gasteiger partial charge in [-0.2, -0.15) is 4.41 Å². The molecule has 1 fully saturated rings. The van der Waals surface area contributed by atoms with Gasteiger partial charge >= 0.3 is 0 Å². The van der Waals surface area contributed by atoms with Crippen LogP contribution in [-0.2, 0) is 0 Å². The molecule has 2 nitrogen and oxygen atoms in total.